The molecule has 0 heterocycles. The van der Waals surface area contributed by atoms with Crippen molar-refractivity contribution >= 4 is 22.1 Å². The summed E-state index contributed by atoms with van der Waals surface area (Å²) in [6.07, 6.45) is 12.5. The van der Waals surface area contributed by atoms with E-state index in [-0.39, 0.29) is 33.0 Å². The molecule has 244 valence electrons. The topological polar surface area (TPSA) is 164 Å². The maximum atomic E-state index is 13.0. The van der Waals surface area contributed by atoms with Crippen molar-refractivity contribution in [2.24, 2.45) is 0 Å². The van der Waals surface area contributed by atoms with Crippen molar-refractivity contribution in [2.45, 2.75) is 135 Å². The highest BCUT2D eigenvalue weighted by Gasteiger charge is 2.64. The lowest BCUT2D eigenvalue weighted by atomic mass is 10.1. The lowest BCUT2D eigenvalue weighted by Crippen LogP contribution is -2.65. The Morgan fingerprint density at radius 3 is 1.39 bits per heavy atom. The first-order valence-corrected chi connectivity index (χ1v) is 16.6. The number of rotatable bonds is 28. The maximum absolute atomic E-state index is 13.0. The van der Waals surface area contributed by atoms with Crippen LogP contribution in [0.2, 0.25) is 0 Å². The molecule has 0 fully saturated rings. The molecule has 0 aromatic heterocycles. The van der Waals surface area contributed by atoms with E-state index in [1.165, 1.54) is 51.4 Å². The molecule has 0 aliphatic rings. The van der Waals surface area contributed by atoms with Gasteiger partial charge in [-0.1, -0.05) is 77.6 Å². The van der Waals surface area contributed by atoms with E-state index in [1.54, 1.807) is 27.7 Å². The van der Waals surface area contributed by atoms with Gasteiger partial charge in [0, 0.05) is 13.2 Å². The summed E-state index contributed by atoms with van der Waals surface area (Å²) in [6.45, 7) is 8.47. The van der Waals surface area contributed by atoms with Gasteiger partial charge in [-0.15, -0.1) is 0 Å². The number of aliphatic carboxylic acids is 1. The second-order valence-corrected chi connectivity index (χ2v) is 11.2. The average Bonchev–Trinajstić information content (AvgIpc) is 2.89. The Morgan fingerprint density at radius 2 is 1.02 bits per heavy atom. The van der Waals surface area contributed by atoms with Gasteiger partial charge in [0.25, 0.3) is 10.1 Å². The molecule has 41 heavy (non-hydrogen) atoms. The first kappa shape index (κ1) is 39.6. The lowest BCUT2D eigenvalue weighted by molar-refractivity contribution is -0.549. The molecule has 0 aliphatic carbocycles. The van der Waals surface area contributed by atoms with Crippen molar-refractivity contribution in [3.05, 3.63) is 0 Å². The summed E-state index contributed by atoms with van der Waals surface area (Å²) < 4.78 is 67.6. The quantitative estimate of drug-likeness (QED) is 0.0497. The van der Waals surface area contributed by atoms with Gasteiger partial charge < -0.3 is 33.5 Å². The van der Waals surface area contributed by atoms with Crippen molar-refractivity contribution in [1.29, 1.82) is 0 Å². The van der Waals surface area contributed by atoms with Crippen LogP contribution in [0.15, 0.2) is 0 Å². The molecule has 13 heteroatoms. The zero-order chi connectivity index (χ0) is 31.2. The molecule has 0 saturated carbocycles. The molecule has 1 unspecified atom stereocenters. The van der Waals surface area contributed by atoms with E-state index in [9.17, 15) is 22.6 Å². The Bertz CT molecular complexity index is 790. The zero-order valence-corrected chi connectivity index (χ0v) is 26.5. The van der Waals surface area contributed by atoms with Gasteiger partial charge in [0.2, 0.25) is 0 Å². The van der Waals surface area contributed by atoms with Gasteiger partial charge in [0.15, 0.2) is 5.25 Å². The van der Waals surface area contributed by atoms with Crippen LogP contribution in [0.1, 0.15) is 118 Å². The first-order chi connectivity index (χ1) is 19.5. The number of unbranched alkanes of at least 4 members (excludes halogenated alkanes) is 11. The molecule has 0 aliphatic heterocycles. The van der Waals surface area contributed by atoms with Gasteiger partial charge in [-0.25, -0.2) is 0 Å². The molecule has 0 radical (unpaired) electrons. The summed E-state index contributed by atoms with van der Waals surface area (Å²) in [5.74, 6) is -8.12. The summed E-state index contributed by atoms with van der Waals surface area (Å²) in [5, 5.41) is 6.65. The zero-order valence-electron chi connectivity index (χ0n) is 25.7. The fraction of sp³-hybridized carbons (Fsp3) is 0.929. The van der Waals surface area contributed by atoms with Gasteiger partial charge in [0.1, 0.15) is 0 Å². The monoisotopic (exact) mass is 614 g/mol. The van der Waals surface area contributed by atoms with Crippen LogP contribution < -0.4 is 0 Å². The molecule has 12 nitrogen and oxygen atoms in total. The van der Waals surface area contributed by atoms with Crippen LogP contribution in [-0.4, -0.2) is 80.2 Å². The standard InChI is InChI=1S/C28H54O12S/c1-6-11-12-13-14-15-16-17-18-19-20-21-22-39-27(35-7-2,36-8-3)28(37-9-4,38-10-5)40-26(31)24(23-25(29)30)41(32,33)34/h24H,6-23H2,1-5H3,(H,29,30)(H,32,33,34). The third kappa shape index (κ3) is 15.1. The molecule has 0 amide bonds. The molecular formula is C28H54O12S. The van der Waals surface area contributed by atoms with Crippen LogP contribution in [0.4, 0.5) is 0 Å². The summed E-state index contributed by atoms with van der Waals surface area (Å²) in [6, 6.07) is 0. The number of carbonyl (C=O) groups is 2. The van der Waals surface area contributed by atoms with E-state index in [2.05, 4.69) is 6.92 Å². The van der Waals surface area contributed by atoms with Crippen LogP contribution in [0.5, 0.6) is 0 Å². The highest BCUT2D eigenvalue weighted by molar-refractivity contribution is 7.87. The van der Waals surface area contributed by atoms with Crippen molar-refractivity contribution < 1.29 is 56.1 Å². The van der Waals surface area contributed by atoms with Crippen molar-refractivity contribution in [3.63, 3.8) is 0 Å². The van der Waals surface area contributed by atoms with Gasteiger partial charge in [-0.3, -0.25) is 14.1 Å². The Labute approximate surface area is 246 Å². The third-order valence-corrected chi connectivity index (χ3v) is 7.30. The molecule has 0 spiro atoms. The number of carboxylic acids is 1. The highest BCUT2D eigenvalue weighted by atomic mass is 32.2. The molecular weight excluding hydrogens is 560 g/mol. The van der Waals surface area contributed by atoms with Crippen LogP contribution in [0, 0.1) is 0 Å². The maximum Gasteiger partial charge on any atom is 0.416 e. The summed E-state index contributed by atoms with van der Waals surface area (Å²) in [5.41, 5.74) is 0. The SMILES string of the molecule is CCCCCCCCCCCCCCOC(OCC)(OCC)C(OCC)(OCC)OC(=O)C(CC(=O)O)S(=O)(=O)O. The van der Waals surface area contributed by atoms with E-state index < -0.39 is 45.7 Å². The Hall–Kier alpha value is -1.35. The minimum absolute atomic E-state index is 0.00521. The molecule has 2 N–H and O–H groups in total. The number of carbonyl (C=O) groups excluding carboxylic acids is 1. The van der Waals surface area contributed by atoms with Gasteiger partial charge >= 0.3 is 23.9 Å². The van der Waals surface area contributed by atoms with E-state index in [0.717, 1.165) is 19.3 Å². The predicted octanol–water partition coefficient (Wildman–Crippen LogP) is 5.43. The third-order valence-electron chi connectivity index (χ3n) is 6.22. The highest BCUT2D eigenvalue weighted by Crippen LogP contribution is 2.37. The molecule has 0 aromatic carbocycles. The van der Waals surface area contributed by atoms with Gasteiger partial charge in [-0.2, -0.15) is 8.42 Å². The lowest BCUT2D eigenvalue weighted by Gasteiger charge is -2.45. The van der Waals surface area contributed by atoms with Crippen molar-refractivity contribution in [1.82, 2.24) is 0 Å². The summed E-state index contributed by atoms with van der Waals surface area (Å²) in [7, 11) is -5.16. The fourth-order valence-electron chi connectivity index (χ4n) is 4.31. The van der Waals surface area contributed by atoms with E-state index in [0.29, 0.717) is 6.42 Å². The normalized spacial score (nSPS) is 13.3. The largest absolute Gasteiger partial charge is 0.481 e. The van der Waals surface area contributed by atoms with Gasteiger partial charge in [-0.05, 0) is 34.1 Å². The number of esters is 1. The van der Waals surface area contributed by atoms with Crippen molar-refractivity contribution in [2.75, 3.05) is 33.0 Å². The predicted molar refractivity (Wildman–Crippen MR) is 153 cm³/mol. The molecule has 0 aromatic rings. The van der Waals surface area contributed by atoms with Crippen LogP contribution >= 0.6 is 0 Å². The second-order valence-electron chi connectivity index (χ2n) is 9.60. The smallest absolute Gasteiger partial charge is 0.416 e. The van der Waals surface area contributed by atoms with Crippen molar-refractivity contribution in [3.8, 4) is 0 Å². The minimum Gasteiger partial charge on any atom is -0.481 e. The van der Waals surface area contributed by atoms with Gasteiger partial charge in [0.05, 0.1) is 26.2 Å². The molecule has 0 saturated heterocycles. The Morgan fingerprint density at radius 1 is 0.634 bits per heavy atom. The number of hydrogen-bond donors (Lipinski definition) is 2. The van der Waals surface area contributed by atoms with E-state index in [4.69, 9.17) is 33.5 Å². The van der Waals surface area contributed by atoms with Crippen LogP contribution in [0.25, 0.3) is 0 Å². The Balaban J connectivity index is 5.51. The molecule has 0 rings (SSSR count). The average molecular weight is 615 g/mol. The van der Waals surface area contributed by atoms with E-state index in [1.807, 2.05) is 0 Å². The first-order valence-electron chi connectivity index (χ1n) is 15.1. The fourth-order valence-corrected chi connectivity index (χ4v) is 4.95. The number of hydrogen-bond acceptors (Lipinski definition) is 10. The second kappa shape index (κ2) is 22.2. The molecule has 0 bridgehead atoms. The summed E-state index contributed by atoms with van der Waals surface area (Å²) in [4.78, 5) is 24.2. The van der Waals surface area contributed by atoms with Crippen LogP contribution in [0.3, 0.4) is 0 Å². The van der Waals surface area contributed by atoms with E-state index >= 15 is 0 Å². The minimum atomic E-state index is -5.16. The number of ether oxygens (including phenoxy) is 6. The van der Waals surface area contributed by atoms with Crippen LogP contribution in [-0.2, 0) is 48.1 Å². The molecule has 1 atom stereocenters. The number of carboxylic acid groups (broad SMARTS) is 1. The summed E-state index contributed by atoms with van der Waals surface area (Å²) >= 11 is 0. The Kier molecular flexibility index (Phi) is 21.5.